The number of ketones is 4. The fraction of sp³-hybridized carbons (Fsp3) is 0.0169. The van der Waals surface area contributed by atoms with E-state index in [0.29, 0.717) is 44.5 Å². The first-order valence-electron chi connectivity index (χ1n) is 22.2. The van der Waals surface area contributed by atoms with Crippen molar-refractivity contribution in [1.29, 1.82) is 0 Å². The van der Waals surface area contributed by atoms with Crippen molar-refractivity contribution in [2.45, 2.75) is 6.42 Å². The molecule has 0 fully saturated rings. The molecule has 0 unspecified atom stereocenters. The van der Waals surface area contributed by atoms with E-state index in [1.165, 1.54) is 0 Å². The minimum absolute atomic E-state index is 0.0524. The Hall–Kier alpha value is -9.54. The molecule has 10 rings (SSSR count). The lowest BCUT2D eigenvalue weighted by Crippen LogP contribution is -2.21. The van der Waals surface area contributed by atoms with E-state index in [9.17, 15) is 19.2 Å². The van der Waals surface area contributed by atoms with E-state index in [0.717, 1.165) is 22.3 Å². The number of nitrogens with zero attached hydrogens (tertiary/aromatic N) is 6. The van der Waals surface area contributed by atoms with Crippen molar-refractivity contribution in [3.05, 3.63) is 276 Å². The smallest absolute Gasteiger partial charge is 0.230 e. The Morgan fingerprint density at radius 3 is 0.681 bits per heavy atom. The first kappa shape index (κ1) is 43.4. The Kier molecular flexibility index (Phi) is 12.3. The normalized spacial score (nSPS) is 10.9. The van der Waals surface area contributed by atoms with E-state index in [4.69, 9.17) is 0 Å². The summed E-state index contributed by atoms with van der Waals surface area (Å²) in [5, 5.41) is 0. The predicted molar refractivity (Wildman–Crippen MR) is 264 cm³/mol. The Labute approximate surface area is 397 Å². The molecule has 2 aromatic heterocycles. The van der Waals surface area contributed by atoms with Gasteiger partial charge in [-0.2, -0.15) is 0 Å². The van der Waals surface area contributed by atoms with Crippen molar-refractivity contribution in [2.75, 3.05) is 0 Å². The molecule has 0 aliphatic carbocycles. The lowest BCUT2D eigenvalue weighted by molar-refractivity contribution is 0.100. The summed E-state index contributed by atoms with van der Waals surface area (Å²) in [5.41, 5.74) is 6.97. The molecule has 2 heterocycles. The molecule has 0 saturated carbocycles. The van der Waals surface area contributed by atoms with Crippen molar-refractivity contribution in [1.82, 2.24) is 29.9 Å². The van der Waals surface area contributed by atoms with Crippen LogP contribution in [0.4, 0.5) is 0 Å². The highest BCUT2D eigenvalue weighted by Gasteiger charge is 2.27. The van der Waals surface area contributed by atoms with Gasteiger partial charge < -0.3 is 0 Å². The van der Waals surface area contributed by atoms with Gasteiger partial charge in [0.15, 0.2) is 0 Å². The molecular formula is C59H38N6O4. The lowest BCUT2D eigenvalue weighted by atomic mass is 9.96. The third-order valence-electron chi connectivity index (χ3n) is 11.5. The Bertz CT molecular complexity index is 3090. The van der Waals surface area contributed by atoms with Crippen molar-refractivity contribution in [2.24, 2.45) is 0 Å². The minimum atomic E-state index is -0.555. The first-order valence-corrected chi connectivity index (χ1v) is 22.2. The summed E-state index contributed by atoms with van der Waals surface area (Å²) in [4.78, 5) is 86.8. The number of aromatic nitrogens is 6. The van der Waals surface area contributed by atoms with E-state index in [1.54, 1.807) is 48.5 Å². The zero-order valence-corrected chi connectivity index (χ0v) is 36.8. The summed E-state index contributed by atoms with van der Waals surface area (Å²) in [6, 6.07) is 66.2. The summed E-state index contributed by atoms with van der Waals surface area (Å²) < 4.78 is 0. The number of hydrogen-bond donors (Lipinski definition) is 0. The number of carbonyl (C=O) groups excluding carboxylic acids is 4. The van der Waals surface area contributed by atoms with Gasteiger partial charge in [0.1, 0.15) is 11.6 Å². The van der Waals surface area contributed by atoms with Crippen molar-refractivity contribution in [3.63, 3.8) is 0 Å². The van der Waals surface area contributed by atoms with E-state index < -0.39 is 23.1 Å². The van der Waals surface area contributed by atoms with Gasteiger partial charge in [-0.15, -0.1) is 0 Å². The molecule has 0 spiro atoms. The van der Waals surface area contributed by atoms with Crippen LogP contribution in [0, 0.1) is 0 Å². The second-order valence-corrected chi connectivity index (χ2v) is 15.9. The third-order valence-corrected chi connectivity index (χ3v) is 11.5. The maximum Gasteiger partial charge on any atom is 0.230 e. The molecule has 10 aromatic rings. The summed E-state index contributed by atoms with van der Waals surface area (Å²) in [6.07, 6.45) is -0.326. The van der Waals surface area contributed by atoms with Crippen LogP contribution < -0.4 is 0 Å². The number of carbonyl (C=O) groups is 4. The quantitative estimate of drug-likeness (QED) is 0.0967. The molecule has 0 N–H and O–H groups in total. The largest absolute Gasteiger partial charge is 0.285 e. The highest BCUT2D eigenvalue weighted by atomic mass is 16.1. The lowest BCUT2D eigenvalue weighted by Gasteiger charge is -2.13. The monoisotopic (exact) mass is 894 g/mol. The van der Waals surface area contributed by atoms with Crippen LogP contribution in [-0.4, -0.2) is 53.0 Å². The Balaban J connectivity index is 1.13. The highest BCUT2D eigenvalue weighted by Crippen LogP contribution is 2.30. The van der Waals surface area contributed by atoms with Gasteiger partial charge in [-0.1, -0.05) is 218 Å². The SMILES string of the molecule is O=C(c1nc(Cc2nc(C(=O)c3ccccc3-c3ccccc3)nc(C(=O)c3ccccc3-c3ccccc3)n2)nc(C(=O)c2ccccc2-c2ccccc2)n1)c1ccccc1-c1ccccc1. The van der Waals surface area contributed by atoms with Crippen molar-refractivity contribution in [3.8, 4) is 44.5 Å². The van der Waals surface area contributed by atoms with E-state index >= 15 is 0 Å². The van der Waals surface area contributed by atoms with Crippen LogP contribution in [0.2, 0.25) is 0 Å². The van der Waals surface area contributed by atoms with E-state index in [-0.39, 0.29) is 41.4 Å². The van der Waals surface area contributed by atoms with Crippen LogP contribution in [0.3, 0.4) is 0 Å². The van der Waals surface area contributed by atoms with Gasteiger partial charge in [0.25, 0.3) is 0 Å². The summed E-state index contributed by atoms with van der Waals surface area (Å²) in [6.45, 7) is 0. The molecule has 69 heavy (non-hydrogen) atoms. The fourth-order valence-corrected chi connectivity index (χ4v) is 8.23. The Morgan fingerprint density at radius 2 is 0.449 bits per heavy atom. The number of rotatable bonds is 14. The first-order chi connectivity index (χ1) is 33.9. The fourth-order valence-electron chi connectivity index (χ4n) is 8.23. The van der Waals surface area contributed by atoms with Crippen LogP contribution in [0.5, 0.6) is 0 Å². The topological polar surface area (TPSA) is 146 Å². The van der Waals surface area contributed by atoms with Crippen LogP contribution in [0.1, 0.15) is 76.4 Å². The average molecular weight is 895 g/mol. The molecule has 0 aliphatic rings. The molecule has 8 aromatic carbocycles. The second kappa shape index (κ2) is 19.5. The van der Waals surface area contributed by atoms with Gasteiger partial charge in [0.05, 0.1) is 6.42 Å². The molecular weight excluding hydrogens is 857 g/mol. The molecule has 10 heteroatoms. The molecule has 0 aliphatic heterocycles. The van der Waals surface area contributed by atoms with Gasteiger partial charge in [0.2, 0.25) is 46.4 Å². The summed E-state index contributed by atoms with van der Waals surface area (Å²) >= 11 is 0. The van der Waals surface area contributed by atoms with Crippen molar-refractivity contribution >= 4 is 23.1 Å². The van der Waals surface area contributed by atoms with Gasteiger partial charge in [-0.25, -0.2) is 29.9 Å². The number of hydrogen-bond acceptors (Lipinski definition) is 10. The maximum atomic E-state index is 14.7. The number of benzene rings is 8. The zero-order valence-electron chi connectivity index (χ0n) is 36.8. The molecule has 0 amide bonds. The minimum Gasteiger partial charge on any atom is -0.285 e. The van der Waals surface area contributed by atoms with Gasteiger partial charge in [0, 0.05) is 22.3 Å². The molecule has 10 nitrogen and oxygen atoms in total. The third kappa shape index (κ3) is 9.18. The molecule has 0 bridgehead atoms. The molecule has 0 saturated heterocycles. The molecule has 0 radical (unpaired) electrons. The summed E-state index contributed by atoms with van der Waals surface area (Å²) in [5.74, 6) is -3.49. The van der Waals surface area contributed by atoms with Crippen LogP contribution in [0.25, 0.3) is 44.5 Å². The summed E-state index contributed by atoms with van der Waals surface area (Å²) in [7, 11) is 0. The molecule has 0 atom stereocenters. The average Bonchev–Trinajstić information content (AvgIpc) is 3.43. The van der Waals surface area contributed by atoms with Crippen LogP contribution >= 0.6 is 0 Å². The van der Waals surface area contributed by atoms with Crippen LogP contribution in [0.15, 0.2) is 218 Å². The van der Waals surface area contributed by atoms with Gasteiger partial charge in [-0.05, 0) is 44.5 Å². The van der Waals surface area contributed by atoms with Crippen LogP contribution in [-0.2, 0) is 6.42 Å². The Morgan fingerprint density at radius 1 is 0.246 bits per heavy atom. The standard InChI is InChI=1S/C59H38N6O4/c66-52(46-33-17-13-29-42(46)38-21-5-1-6-22-38)56-60-50(61-57(64-56)53(67)47-34-18-14-30-43(47)39-23-7-2-8-24-39)37-51-62-58(54(68)48-35-19-15-31-44(48)40-25-9-3-10-26-40)65-59(63-51)55(69)49-36-20-16-32-45(49)41-27-11-4-12-28-41/h1-36H,37H2. The van der Waals surface area contributed by atoms with Crippen molar-refractivity contribution < 1.29 is 19.2 Å². The van der Waals surface area contributed by atoms with Gasteiger partial charge in [-0.3, -0.25) is 19.2 Å². The molecule has 328 valence electrons. The van der Waals surface area contributed by atoms with E-state index in [2.05, 4.69) is 29.9 Å². The highest BCUT2D eigenvalue weighted by molar-refractivity contribution is 6.15. The van der Waals surface area contributed by atoms with E-state index in [1.807, 2.05) is 170 Å². The second-order valence-electron chi connectivity index (χ2n) is 15.9. The maximum absolute atomic E-state index is 14.7. The predicted octanol–water partition coefficient (Wildman–Crippen LogP) is 11.2. The zero-order chi connectivity index (χ0) is 47.1. The van der Waals surface area contributed by atoms with Gasteiger partial charge >= 0.3 is 0 Å².